The summed E-state index contributed by atoms with van der Waals surface area (Å²) in [6, 6.07) is 0. The molecule has 0 aromatic heterocycles. The quantitative estimate of drug-likeness (QED) is 0.294. The van der Waals surface area contributed by atoms with E-state index in [-0.39, 0.29) is 5.97 Å². The van der Waals surface area contributed by atoms with E-state index in [1.807, 2.05) is 0 Å². The molecule has 0 saturated carbocycles. The minimum atomic E-state index is 0.0121. The van der Waals surface area contributed by atoms with E-state index >= 15 is 0 Å². The Kier molecular flexibility index (Phi) is 14.5. The van der Waals surface area contributed by atoms with Crippen LogP contribution in [0.25, 0.3) is 0 Å². The molecule has 0 fully saturated rings. The predicted octanol–water partition coefficient (Wildman–Crippen LogP) is 5.89. The van der Waals surface area contributed by atoms with Crippen molar-refractivity contribution in [3.8, 4) is 0 Å². The van der Waals surface area contributed by atoms with Crippen LogP contribution in [-0.4, -0.2) is 12.6 Å². The van der Waals surface area contributed by atoms with E-state index in [0.717, 1.165) is 12.8 Å². The maximum absolute atomic E-state index is 11.7. The van der Waals surface area contributed by atoms with Crippen LogP contribution in [0.15, 0.2) is 0 Å². The second-order valence-electron chi connectivity index (χ2n) is 6.00. The van der Waals surface area contributed by atoms with Gasteiger partial charge >= 0.3 is 5.97 Å². The Balaban J connectivity index is 3.64. The summed E-state index contributed by atoms with van der Waals surface area (Å²) in [5, 5.41) is 0. The van der Waals surface area contributed by atoms with Crippen molar-refractivity contribution < 1.29 is 9.53 Å². The van der Waals surface area contributed by atoms with Gasteiger partial charge in [-0.1, -0.05) is 72.1 Å². The van der Waals surface area contributed by atoms with Crippen molar-refractivity contribution in [2.45, 2.75) is 97.8 Å². The minimum absolute atomic E-state index is 0.0121. The third-order valence-electron chi connectivity index (χ3n) is 3.88. The topological polar surface area (TPSA) is 26.3 Å². The summed E-state index contributed by atoms with van der Waals surface area (Å²) < 4.78 is 5.46. The molecule has 120 valence electrons. The van der Waals surface area contributed by atoms with E-state index in [0.29, 0.717) is 18.9 Å². The summed E-state index contributed by atoms with van der Waals surface area (Å²) >= 11 is 0. The molecular weight excluding hydrogens is 248 g/mol. The highest BCUT2D eigenvalue weighted by atomic mass is 16.5. The van der Waals surface area contributed by atoms with Crippen molar-refractivity contribution in [2.75, 3.05) is 6.61 Å². The van der Waals surface area contributed by atoms with Crippen molar-refractivity contribution in [3.05, 3.63) is 0 Å². The summed E-state index contributed by atoms with van der Waals surface area (Å²) in [5.41, 5.74) is 0. The van der Waals surface area contributed by atoms with Gasteiger partial charge in [0, 0.05) is 6.42 Å². The lowest BCUT2D eigenvalue weighted by atomic mass is 9.97. The van der Waals surface area contributed by atoms with Crippen LogP contribution in [0.4, 0.5) is 0 Å². The third-order valence-corrected chi connectivity index (χ3v) is 3.88. The molecule has 0 rings (SSSR count). The Morgan fingerprint density at radius 3 is 2.10 bits per heavy atom. The second kappa shape index (κ2) is 14.9. The van der Waals surface area contributed by atoms with Crippen LogP contribution in [0.2, 0.25) is 0 Å². The third kappa shape index (κ3) is 12.5. The van der Waals surface area contributed by atoms with E-state index < -0.39 is 0 Å². The molecule has 1 atom stereocenters. The largest absolute Gasteiger partial charge is 0.465 e. The van der Waals surface area contributed by atoms with Crippen LogP contribution in [0.5, 0.6) is 0 Å². The lowest BCUT2D eigenvalue weighted by Crippen LogP contribution is -2.14. The normalized spacial score (nSPS) is 12.3. The number of rotatable bonds is 14. The van der Waals surface area contributed by atoms with Crippen LogP contribution < -0.4 is 0 Å². The Hall–Kier alpha value is -0.530. The van der Waals surface area contributed by atoms with Crippen LogP contribution >= 0.6 is 0 Å². The Bertz CT molecular complexity index is 213. The molecule has 20 heavy (non-hydrogen) atoms. The fourth-order valence-electron chi connectivity index (χ4n) is 2.56. The van der Waals surface area contributed by atoms with Crippen LogP contribution in [0, 0.1) is 5.92 Å². The standard InChI is InChI=1S/C18H36O2/c1-4-7-9-10-12-15-18(19)20-16-17(13-6-3)14-11-8-5-2/h17H,4-16H2,1-3H3. The molecule has 0 bridgehead atoms. The predicted molar refractivity (Wildman–Crippen MR) is 86.9 cm³/mol. The maximum atomic E-state index is 11.7. The van der Waals surface area contributed by atoms with E-state index in [1.54, 1.807) is 0 Å². The molecule has 0 saturated heterocycles. The molecule has 2 nitrogen and oxygen atoms in total. The van der Waals surface area contributed by atoms with E-state index in [9.17, 15) is 4.79 Å². The van der Waals surface area contributed by atoms with Crippen molar-refractivity contribution in [1.82, 2.24) is 0 Å². The first-order chi connectivity index (χ1) is 9.74. The number of unbranched alkanes of at least 4 members (excludes halogenated alkanes) is 6. The number of esters is 1. The molecule has 0 aromatic carbocycles. The molecule has 1 unspecified atom stereocenters. The second-order valence-corrected chi connectivity index (χ2v) is 6.00. The molecule has 0 aliphatic heterocycles. The van der Waals surface area contributed by atoms with Gasteiger partial charge in [-0.05, 0) is 25.2 Å². The maximum Gasteiger partial charge on any atom is 0.305 e. The average Bonchev–Trinajstić information content (AvgIpc) is 2.44. The van der Waals surface area contributed by atoms with Crippen LogP contribution in [0.3, 0.4) is 0 Å². The molecule has 0 aromatic rings. The van der Waals surface area contributed by atoms with E-state index in [1.165, 1.54) is 57.8 Å². The zero-order valence-corrected chi connectivity index (χ0v) is 14.1. The molecule has 0 aliphatic rings. The molecule has 0 amide bonds. The zero-order valence-electron chi connectivity index (χ0n) is 14.1. The monoisotopic (exact) mass is 284 g/mol. The number of carbonyl (C=O) groups excluding carboxylic acids is 1. The fourth-order valence-corrected chi connectivity index (χ4v) is 2.56. The molecule has 0 heterocycles. The molecular formula is C18H36O2. The van der Waals surface area contributed by atoms with Gasteiger partial charge in [-0.3, -0.25) is 4.79 Å². The van der Waals surface area contributed by atoms with Gasteiger partial charge in [0.15, 0.2) is 0 Å². The Morgan fingerprint density at radius 2 is 1.45 bits per heavy atom. The van der Waals surface area contributed by atoms with Gasteiger partial charge in [-0.2, -0.15) is 0 Å². The van der Waals surface area contributed by atoms with Gasteiger partial charge in [-0.25, -0.2) is 0 Å². The van der Waals surface area contributed by atoms with Crippen molar-refractivity contribution >= 4 is 5.97 Å². The summed E-state index contributed by atoms with van der Waals surface area (Å²) in [4.78, 5) is 11.7. The highest BCUT2D eigenvalue weighted by Gasteiger charge is 2.11. The lowest BCUT2D eigenvalue weighted by Gasteiger charge is -2.16. The molecule has 2 heteroatoms. The minimum Gasteiger partial charge on any atom is -0.465 e. The Morgan fingerprint density at radius 1 is 0.800 bits per heavy atom. The molecule has 0 N–H and O–H groups in total. The summed E-state index contributed by atoms with van der Waals surface area (Å²) in [5.74, 6) is 0.591. The van der Waals surface area contributed by atoms with Crippen LogP contribution in [-0.2, 0) is 9.53 Å². The molecule has 0 aliphatic carbocycles. The average molecular weight is 284 g/mol. The van der Waals surface area contributed by atoms with Gasteiger partial charge in [0.25, 0.3) is 0 Å². The number of ether oxygens (including phenoxy) is 1. The van der Waals surface area contributed by atoms with Crippen molar-refractivity contribution in [3.63, 3.8) is 0 Å². The highest BCUT2D eigenvalue weighted by molar-refractivity contribution is 5.69. The first-order valence-electron chi connectivity index (χ1n) is 8.90. The van der Waals surface area contributed by atoms with Gasteiger partial charge in [0.05, 0.1) is 6.61 Å². The SMILES string of the molecule is CCCCCCCC(=O)OCC(CCC)CCCCC. The van der Waals surface area contributed by atoms with Crippen molar-refractivity contribution in [1.29, 1.82) is 0 Å². The smallest absolute Gasteiger partial charge is 0.305 e. The van der Waals surface area contributed by atoms with Crippen LogP contribution in [0.1, 0.15) is 97.8 Å². The lowest BCUT2D eigenvalue weighted by molar-refractivity contribution is -0.145. The zero-order chi connectivity index (χ0) is 15.1. The molecule has 0 radical (unpaired) electrons. The van der Waals surface area contributed by atoms with E-state index in [4.69, 9.17) is 4.74 Å². The van der Waals surface area contributed by atoms with Gasteiger partial charge in [0.2, 0.25) is 0 Å². The fraction of sp³-hybridized carbons (Fsp3) is 0.944. The molecule has 0 spiro atoms. The van der Waals surface area contributed by atoms with Gasteiger partial charge < -0.3 is 4.74 Å². The van der Waals surface area contributed by atoms with Gasteiger partial charge in [-0.15, -0.1) is 0 Å². The van der Waals surface area contributed by atoms with Gasteiger partial charge in [0.1, 0.15) is 0 Å². The number of hydrogen-bond donors (Lipinski definition) is 0. The van der Waals surface area contributed by atoms with Crippen molar-refractivity contribution in [2.24, 2.45) is 5.92 Å². The number of hydrogen-bond acceptors (Lipinski definition) is 2. The van der Waals surface area contributed by atoms with E-state index in [2.05, 4.69) is 20.8 Å². The Labute approximate surface area is 126 Å². The first-order valence-corrected chi connectivity index (χ1v) is 8.90. The summed E-state index contributed by atoms with van der Waals surface area (Å²) in [6.07, 6.45) is 14.0. The summed E-state index contributed by atoms with van der Waals surface area (Å²) in [6.45, 7) is 7.29. The highest BCUT2D eigenvalue weighted by Crippen LogP contribution is 2.16. The first kappa shape index (κ1) is 19.5. The number of carbonyl (C=O) groups is 1. The summed E-state index contributed by atoms with van der Waals surface area (Å²) in [7, 11) is 0.